The van der Waals surface area contributed by atoms with Gasteiger partial charge in [0, 0.05) is 12.7 Å². The Morgan fingerprint density at radius 1 is 1.45 bits per heavy atom. The molecule has 0 atom stereocenters. The van der Waals surface area contributed by atoms with E-state index in [0.717, 1.165) is 0 Å². The average Bonchev–Trinajstić information content (AvgIpc) is 1.89. The van der Waals surface area contributed by atoms with Gasteiger partial charge in [-0.05, 0) is 12.1 Å². The number of hydrogen-bond acceptors (Lipinski definition) is 2. The van der Waals surface area contributed by atoms with E-state index in [1.54, 1.807) is 0 Å². The SMILES string of the molecule is Cl.Cl.NCc1ncccc1F. The first-order valence-electron chi connectivity index (χ1n) is 2.64. The molecule has 0 amide bonds. The van der Waals surface area contributed by atoms with Gasteiger partial charge in [-0.3, -0.25) is 4.98 Å². The summed E-state index contributed by atoms with van der Waals surface area (Å²) in [4.78, 5) is 3.70. The van der Waals surface area contributed by atoms with Crippen LogP contribution in [0.5, 0.6) is 0 Å². The van der Waals surface area contributed by atoms with Crippen LogP contribution in [0.4, 0.5) is 4.39 Å². The summed E-state index contributed by atoms with van der Waals surface area (Å²) in [6.45, 7) is 0.159. The van der Waals surface area contributed by atoms with Gasteiger partial charge in [0.2, 0.25) is 0 Å². The third-order valence-electron chi connectivity index (χ3n) is 1.03. The maximum Gasteiger partial charge on any atom is 0.146 e. The number of nitrogens with two attached hydrogens (primary N) is 1. The molecule has 1 rings (SSSR count). The number of halogens is 3. The third kappa shape index (κ3) is 3.51. The summed E-state index contributed by atoms with van der Waals surface area (Å²) >= 11 is 0. The van der Waals surface area contributed by atoms with E-state index in [0.29, 0.717) is 5.69 Å². The van der Waals surface area contributed by atoms with E-state index in [-0.39, 0.29) is 37.2 Å². The van der Waals surface area contributed by atoms with Crippen LogP contribution >= 0.6 is 24.8 Å². The van der Waals surface area contributed by atoms with E-state index < -0.39 is 0 Å². The summed E-state index contributed by atoms with van der Waals surface area (Å²) in [6, 6.07) is 2.88. The van der Waals surface area contributed by atoms with Crippen LogP contribution < -0.4 is 5.73 Å². The van der Waals surface area contributed by atoms with Gasteiger partial charge in [0.05, 0.1) is 5.69 Å². The van der Waals surface area contributed by atoms with E-state index in [2.05, 4.69) is 4.98 Å². The predicted molar refractivity (Wildman–Crippen MR) is 46.6 cm³/mol. The molecule has 2 N–H and O–H groups in total. The van der Waals surface area contributed by atoms with Crippen LogP contribution in [-0.4, -0.2) is 4.98 Å². The van der Waals surface area contributed by atoms with Crippen molar-refractivity contribution >= 4 is 24.8 Å². The molecule has 64 valence electrons. The lowest BCUT2D eigenvalue weighted by Gasteiger charge is -1.93. The molecular formula is C6H9Cl2FN2. The fourth-order valence-electron chi connectivity index (χ4n) is 0.569. The molecule has 5 heteroatoms. The maximum absolute atomic E-state index is 12.4. The minimum Gasteiger partial charge on any atom is -0.325 e. The van der Waals surface area contributed by atoms with Crippen molar-refractivity contribution in [3.8, 4) is 0 Å². The van der Waals surface area contributed by atoms with Crippen molar-refractivity contribution in [2.75, 3.05) is 0 Å². The molecule has 0 aliphatic rings. The molecule has 0 radical (unpaired) electrons. The van der Waals surface area contributed by atoms with Crippen molar-refractivity contribution in [2.24, 2.45) is 5.73 Å². The third-order valence-corrected chi connectivity index (χ3v) is 1.03. The highest BCUT2D eigenvalue weighted by atomic mass is 35.5. The highest BCUT2D eigenvalue weighted by molar-refractivity contribution is 5.85. The fraction of sp³-hybridized carbons (Fsp3) is 0.167. The zero-order valence-electron chi connectivity index (χ0n) is 5.66. The van der Waals surface area contributed by atoms with Crippen LogP contribution in [0.15, 0.2) is 18.3 Å². The molecule has 1 aromatic heterocycles. The van der Waals surface area contributed by atoms with E-state index >= 15 is 0 Å². The Morgan fingerprint density at radius 2 is 2.09 bits per heavy atom. The van der Waals surface area contributed by atoms with E-state index in [4.69, 9.17) is 5.73 Å². The Kier molecular flexibility index (Phi) is 7.62. The van der Waals surface area contributed by atoms with Gasteiger partial charge in [-0.2, -0.15) is 0 Å². The maximum atomic E-state index is 12.4. The van der Waals surface area contributed by atoms with E-state index in [9.17, 15) is 4.39 Å². The van der Waals surface area contributed by atoms with Crippen LogP contribution in [0, 0.1) is 5.82 Å². The molecule has 1 aromatic rings. The number of aromatic nitrogens is 1. The minimum atomic E-state index is -0.333. The van der Waals surface area contributed by atoms with Crippen LogP contribution in [-0.2, 0) is 6.54 Å². The van der Waals surface area contributed by atoms with Gasteiger partial charge in [0.1, 0.15) is 5.82 Å². The smallest absolute Gasteiger partial charge is 0.146 e. The van der Waals surface area contributed by atoms with Crippen molar-refractivity contribution in [1.29, 1.82) is 0 Å². The molecule has 0 aliphatic carbocycles. The molecule has 11 heavy (non-hydrogen) atoms. The van der Waals surface area contributed by atoms with E-state index in [1.807, 2.05) is 0 Å². The van der Waals surface area contributed by atoms with Crippen LogP contribution in [0.1, 0.15) is 5.69 Å². The van der Waals surface area contributed by atoms with Gasteiger partial charge in [-0.15, -0.1) is 24.8 Å². The molecule has 0 unspecified atom stereocenters. The molecular weight excluding hydrogens is 190 g/mol. The highest BCUT2D eigenvalue weighted by Crippen LogP contribution is 1.99. The van der Waals surface area contributed by atoms with Crippen molar-refractivity contribution in [3.05, 3.63) is 29.8 Å². The molecule has 0 saturated carbocycles. The summed E-state index contributed by atoms with van der Waals surface area (Å²) in [7, 11) is 0. The Labute approximate surface area is 76.8 Å². The largest absolute Gasteiger partial charge is 0.325 e. The van der Waals surface area contributed by atoms with Gasteiger partial charge >= 0.3 is 0 Å². The average molecular weight is 199 g/mol. The summed E-state index contributed by atoms with van der Waals surface area (Å²) in [5.41, 5.74) is 5.47. The van der Waals surface area contributed by atoms with Crippen LogP contribution in [0.25, 0.3) is 0 Å². The normalized spacial score (nSPS) is 7.82. The Bertz CT molecular complexity index is 208. The first kappa shape index (κ1) is 13.2. The van der Waals surface area contributed by atoms with Crippen LogP contribution in [0.2, 0.25) is 0 Å². The molecule has 0 fully saturated rings. The van der Waals surface area contributed by atoms with Gasteiger partial charge in [0.15, 0.2) is 0 Å². The van der Waals surface area contributed by atoms with Crippen molar-refractivity contribution in [3.63, 3.8) is 0 Å². The molecule has 0 aliphatic heterocycles. The lowest BCUT2D eigenvalue weighted by molar-refractivity contribution is 0.600. The topological polar surface area (TPSA) is 38.9 Å². The molecule has 1 heterocycles. The molecule has 0 bridgehead atoms. The molecule has 0 aromatic carbocycles. The number of pyridine rings is 1. The monoisotopic (exact) mass is 198 g/mol. The van der Waals surface area contributed by atoms with Crippen molar-refractivity contribution in [2.45, 2.75) is 6.54 Å². The zero-order chi connectivity index (χ0) is 6.69. The number of nitrogens with zero attached hydrogens (tertiary/aromatic N) is 1. The van der Waals surface area contributed by atoms with Gasteiger partial charge in [0.25, 0.3) is 0 Å². The van der Waals surface area contributed by atoms with Crippen molar-refractivity contribution in [1.82, 2.24) is 4.98 Å². The number of hydrogen-bond donors (Lipinski definition) is 1. The molecule has 2 nitrogen and oxygen atoms in total. The lowest BCUT2D eigenvalue weighted by atomic mass is 10.3. The zero-order valence-corrected chi connectivity index (χ0v) is 7.29. The fourth-order valence-corrected chi connectivity index (χ4v) is 0.569. The number of rotatable bonds is 1. The minimum absolute atomic E-state index is 0. The molecule has 0 spiro atoms. The first-order valence-corrected chi connectivity index (χ1v) is 2.64. The van der Waals surface area contributed by atoms with Gasteiger partial charge in [-0.25, -0.2) is 4.39 Å². The summed E-state index contributed by atoms with van der Waals surface area (Å²) in [6.07, 6.45) is 1.52. The lowest BCUT2D eigenvalue weighted by Crippen LogP contribution is -2.01. The first-order chi connectivity index (χ1) is 4.34. The Morgan fingerprint density at radius 3 is 2.45 bits per heavy atom. The Balaban J connectivity index is 0. The highest BCUT2D eigenvalue weighted by Gasteiger charge is 1.96. The molecule has 0 saturated heterocycles. The predicted octanol–water partition coefficient (Wildman–Crippen LogP) is 1.52. The Hall–Kier alpha value is -0.380. The standard InChI is InChI=1S/C6H7FN2.2ClH/c7-5-2-1-3-9-6(5)4-8;;/h1-3H,4,8H2;2*1H. The van der Waals surface area contributed by atoms with Crippen molar-refractivity contribution < 1.29 is 4.39 Å². The summed E-state index contributed by atoms with van der Waals surface area (Å²) in [5, 5.41) is 0. The second-order valence-electron chi connectivity index (χ2n) is 1.64. The quantitative estimate of drug-likeness (QED) is 0.744. The van der Waals surface area contributed by atoms with E-state index in [1.165, 1.54) is 18.3 Å². The van der Waals surface area contributed by atoms with Gasteiger partial charge in [-0.1, -0.05) is 0 Å². The summed E-state index contributed by atoms with van der Waals surface area (Å²) < 4.78 is 12.4. The second-order valence-corrected chi connectivity index (χ2v) is 1.64. The second kappa shape index (κ2) is 6.34. The van der Waals surface area contributed by atoms with Gasteiger partial charge < -0.3 is 5.73 Å². The van der Waals surface area contributed by atoms with Crippen LogP contribution in [0.3, 0.4) is 0 Å². The summed E-state index contributed by atoms with van der Waals surface area (Å²) in [5.74, 6) is -0.333.